The van der Waals surface area contributed by atoms with Crippen molar-refractivity contribution in [3.63, 3.8) is 0 Å². The predicted octanol–water partition coefficient (Wildman–Crippen LogP) is 24.1. The van der Waals surface area contributed by atoms with Crippen LogP contribution in [0.3, 0.4) is 0 Å². The number of unbranched alkanes of at least 4 members (excludes halogenated alkanes) is 44. The second-order valence-corrected chi connectivity index (χ2v) is 28.0. The molecule has 0 saturated carbocycles. The number of carbonyl (C=O) groups is 2. The van der Waals surface area contributed by atoms with E-state index in [1.807, 2.05) is 21.1 Å². The number of ether oxygens (including phenoxy) is 2. The summed E-state index contributed by atoms with van der Waals surface area (Å²) in [5.41, 5.74) is 0. The highest BCUT2D eigenvalue weighted by Gasteiger charge is 2.22. The molecule has 0 radical (unpaired) electrons. The van der Waals surface area contributed by atoms with Crippen LogP contribution in [0, 0.1) is 0 Å². The molecule has 0 rings (SSSR count). The number of hydrogen-bond acceptors (Lipinski definition) is 8. The SMILES string of the molecule is CC/C=C\C/C=C\C/C=C\C/C=C\CCCCCCCCCCCCCCCCCCCCCCCCCCCCC(=O)OC(COC(=O)CCCCCCCCCCCCCCC/C=C\C/C=C\CCCCCCC)COP(=O)([O-])OCC[N+](C)(C)C. The first-order chi connectivity index (χ1) is 43.0. The van der Waals surface area contributed by atoms with Crippen LogP contribution in [0.2, 0.25) is 0 Å². The van der Waals surface area contributed by atoms with Crippen molar-refractivity contribution in [1.82, 2.24) is 0 Å². The normalized spacial score (nSPS) is 13.5. The maximum atomic E-state index is 12.9. The number of nitrogens with zero attached hydrogens (tertiary/aromatic N) is 1. The molecule has 0 aliphatic carbocycles. The lowest BCUT2D eigenvalue weighted by Gasteiger charge is -2.28. The van der Waals surface area contributed by atoms with E-state index in [-0.39, 0.29) is 32.0 Å². The Labute approximate surface area is 546 Å². The van der Waals surface area contributed by atoms with Crippen molar-refractivity contribution in [2.75, 3.05) is 47.5 Å². The highest BCUT2D eigenvalue weighted by molar-refractivity contribution is 7.45. The van der Waals surface area contributed by atoms with E-state index in [2.05, 4.69) is 86.8 Å². The number of hydrogen-bond donors (Lipinski definition) is 0. The Hall–Kier alpha value is -2.55. The zero-order valence-electron chi connectivity index (χ0n) is 58.7. The summed E-state index contributed by atoms with van der Waals surface area (Å²) in [7, 11) is 1.18. The molecule has 88 heavy (non-hydrogen) atoms. The van der Waals surface area contributed by atoms with E-state index in [1.54, 1.807) is 0 Å². The van der Waals surface area contributed by atoms with Gasteiger partial charge in [-0.3, -0.25) is 14.2 Å². The minimum Gasteiger partial charge on any atom is -0.756 e. The lowest BCUT2D eigenvalue weighted by molar-refractivity contribution is -0.870. The van der Waals surface area contributed by atoms with Gasteiger partial charge in [0.25, 0.3) is 7.82 Å². The van der Waals surface area contributed by atoms with Crippen molar-refractivity contribution in [3.8, 4) is 0 Å². The monoisotopic (exact) mass is 1250 g/mol. The van der Waals surface area contributed by atoms with Crippen molar-refractivity contribution < 1.29 is 42.1 Å². The molecule has 0 aliphatic heterocycles. The van der Waals surface area contributed by atoms with Gasteiger partial charge in [-0.15, -0.1) is 0 Å². The van der Waals surface area contributed by atoms with E-state index < -0.39 is 26.5 Å². The standard InChI is InChI=1S/C78H144NO8P/c1-6-8-10-12-14-16-18-20-22-24-26-28-30-32-33-34-35-36-37-38-39-40-41-42-43-44-45-47-49-51-53-55-57-59-61-63-65-67-69-71-78(81)87-76(75-86-88(82,83)85-73-72-79(3,4)5)74-84-77(80)70-68-66-64-62-60-58-56-54-52-50-48-46-31-29-27-25-23-21-19-17-15-13-11-9-7-2/h8,10,14,16,19-22,25-28,76H,6-7,9,11-13,15,17-18,23-24,29-75H2,1-5H3/b10-8-,16-14-,21-19-,22-20-,27-25-,28-26-. The molecule has 0 aromatic heterocycles. The molecule has 0 aliphatic rings. The molecule has 0 aromatic rings. The van der Waals surface area contributed by atoms with Crippen LogP contribution in [0.5, 0.6) is 0 Å². The quantitative estimate of drug-likeness (QED) is 0.0195. The van der Waals surface area contributed by atoms with E-state index >= 15 is 0 Å². The molecule has 0 amide bonds. The van der Waals surface area contributed by atoms with Gasteiger partial charge in [0.15, 0.2) is 6.10 Å². The van der Waals surface area contributed by atoms with Gasteiger partial charge in [-0.1, -0.05) is 337 Å². The number of phosphoric ester groups is 1. The van der Waals surface area contributed by atoms with Crippen molar-refractivity contribution in [3.05, 3.63) is 72.9 Å². The Balaban J connectivity index is 3.93. The van der Waals surface area contributed by atoms with Crippen LogP contribution < -0.4 is 4.89 Å². The summed E-state index contributed by atoms with van der Waals surface area (Å²) in [4.78, 5) is 38.1. The number of phosphoric acid groups is 1. The first-order valence-corrected chi connectivity index (χ1v) is 39.1. The summed E-state index contributed by atoms with van der Waals surface area (Å²) >= 11 is 0. The number of esters is 2. The number of quaternary nitrogens is 1. The van der Waals surface area contributed by atoms with Crippen LogP contribution in [-0.2, 0) is 32.7 Å². The molecule has 514 valence electrons. The minimum atomic E-state index is -4.64. The molecule has 9 nitrogen and oxygen atoms in total. The zero-order chi connectivity index (χ0) is 64.1. The molecule has 10 heteroatoms. The topological polar surface area (TPSA) is 111 Å². The first kappa shape index (κ1) is 85.5. The summed E-state index contributed by atoms with van der Waals surface area (Å²) in [5.74, 6) is -0.816. The summed E-state index contributed by atoms with van der Waals surface area (Å²) in [6.45, 7) is 4.17. The maximum absolute atomic E-state index is 12.9. The number of carbonyl (C=O) groups excluding carboxylic acids is 2. The third-order valence-electron chi connectivity index (χ3n) is 16.7. The fraction of sp³-hybridized carbons (Fsp3) is 0.821. The fourth-order valence-electron chi connectivity index (χ4n) is 11.0. The van der Waals surface area contributed by atoms with Crippen LogP contribution in [0.25, 0.3) is 0 Å². The predicted molar refractivity (Wildman–Crippen MR) is 379 cm³/mol. The van der Waals surface area contributed by atoms with Crippen molar-refractivity contribution in [2.24, 2.45) is 0 Å². The molecule has 0 saturated heterocycles. The lowest BCUT2D eigenvalue weighted by atomic mass is 10.0. The van der Waals surface area contributed by atoms with Gasteiger partial charge >= 0.3 is 11.9 Å². The third-order valence-corrected chi connectivity index (χ3v) is 17.7. The van der Waals surface area contributed by atoms with Crippen LogP contribution in [-0.4, -0.2) is 70.0 Å². The molecular weight excluding hydrogens is 1110 g/mol. The average Bonchev–Trinajstić information content (AvgIpc) is 3.68. The fourth-order valence-corrected chi connectivity index (χ4v) is 11.7. The Morgan fingerprint density at radius 1 is 0.364 bits per heavy atom. The van der Waals surface area contributed by atoms with Crippen molar-refractivity contribution in [1.29, 1.82) is 0 Å². The molecule has 2 unspecified atom stereocenters. The Morgan fingerprint density at radius 2 is 0.648 bits per heavy atom. The number of likely N-dealkylation sites (N-methyl/N-ethyl adjacent to an activating group) is 1. The average molecular weight is 1250 g/mol. The van der Waals surface area contributed by atoms with Gasteiger partial charge in [-0.05, 0) is 83.5 Å². The first-order valence-electron chi connectivity index (χ1n) is 37.6. The van der Waals surface area contributed by atoms with Gasteiger partial charge in [-0.25, -0.2) is 0 Å². The summed E-state index contributed by atoms with van der Waals surface area (Å²) in [5, 5.41) is 0. The second-order valence-electron chi connectivity index (χ2n) is 26.6. The molecule has 0 N–H and O–H groups in total. The lowest BCUT2D eigenvalue weighted by Crippen LogP contribution is -2.37. The Morgan fingerprint density at radius 3 is 0.966 bits per heavy atom. The van der Waals surface area contributed by atoms with Crippen LogP contribution in [0.4, 0.5) is 0 Å². The molecule has 0 bridgehead atoms. The van der Waals surface area contributed by atoms with Crippen LogP contribution >= 0.6 is 7.82 Å². The summed E-state index contributed by atoms with van der Waals surface area (Å²) in [6, 6.07) is 0. The highest BCUT2D eigenvalue weighted by atomic mass is 31.2. The van der Waals surface area contributed by atoms with Gasteiger partial charge in [0.2, 0.25) is 0 Å². The van der Waals surface area contributed by atoms with E-state index in [0.29, 0.717) is 17.4 Å². The number of allylic oxidation sites excluding steroid dienone is 12. The number of rotatable bonds is 70. The van der Waals surface area contributed by atoms with Gasteiger partial charge < -0.3 is 27.9 Å². The minimum absolute atomic E-state index is 0.0298. The summed E-state index contributed by atoms with van der Waals surface area (Å²) < 4.78 is 34.4. The van der Waals surface area contributed by atoms with Gasteiger partial charge in [0, 0.05) is 12.8 Å². The molecule has 0 aromatic carbocycles. The van der Waals surface area contributed by atoms with E-state index in [0.717, 1.165) is 64.2 Å². The van der Waals surface area contributed by atoms with E-state index in [1.165, 1.54) is 263 Å². The maximum Gasteiger partial charge on any atom is 0.306 e. The largest absolute Gasteiger partial charge is 0.756 e. The summed E-state index contributed by atoms with van der Waals surface area (Å²) in [6.07, 6.45) is 93.0. The third kappa shape index (κ3) is 72.5. The zero-order valence-corrected chi connectivity index (χ0v) is 59.6. The van der Waals surface area contributed by atoms with Gasteiger partial charge in [0.05, 0.1) is 27.7 Å². The van der Waals surface area contributed by atoms with Crippen LogP contribution in [0.1, 0.15) is 361 Å². The van der Waals surface area contributed by atoms with Gasteiger partial charge in [0.1, 0.15) is 19.8 Å². The van der Waals surface area contributed by atoms with Crippen molar-refractivity contribution >= 4 is 19.8 Å². The molecule has 0 spiro atoms. The highest BCUT2D eigenvalue weighted by Crippen LogP contribution is 2.38. The Bertz CT molecular complexity index is 1710. The van der Waals surface area contributed by atoms with Crippen molar-refractivity contribution in [2.45, 2.75) is 367 Å². The molecule has 0 heterocycles. The van der Waals surface area contributed by atoms with Gasteiger partial charge in [-0.2, -0.15) is 0 Å². The molecule has 2 atom stereocenters. The Kier molecular flexibility index (Phi) is 66.8. The smallest absolute Gasteiger partial charge is 0.306 e. The van der Waals surface area contributed by atoms with E-state index in [9.17, 15) is 19.0 Å². The molecular formula is C78H144NO8P. The molecule has 0 fully saturated rings. The van der Waals surface area contributed by atoms with Crippen LogP contribution in [0.15, 0.2) is 72.9 Å². The second kappa shape index (κ2) is 68.8. The van der Waals surface area contributed by atoms with E-state index in [4.69, 9.17) is 18.5 Å².